The molecule has 0 aromatic rings. The molecule has 1 aliphatic heterocycles. The summed E-state index contributed by atoms with van der Waals surface area (Å²) in [6.45, 7) is 10.0. The van der Waals surface area contributed by atoms with Gasteiger partial charge in [-0.3, -0.25) is 0 Å². The molecule has 0 bridgehead atoms. The average molecular weight is 270 g/mol. The predicted molar refractivity (Wildman–Crippen MR) is 77.2 cm³/mol. The van der Waals surface area contributed by atoms with Crippen molar-refractivity contribution in [2.75, 3.05) is 33.4 Å². The van der Waals surface area contributed by atoms with E-state index in [-0.39, 0.29) is 11.0 Å². The minimum atomic E-state index is -0.125. The third kappa shape index (κ3) is 2.82. The van der Waals surface area contributed by atoms with Crippen LogP contribution in [0.4, 0.5) is 0 Å². The Bertz CT molecular complexity index is 303. The summed E-state index contributed by atoms with van der Waals surface area (Å²) in [4.78, 5) is 2.44. The summed E-state index contributed by atoms with van der Waals surface area (Å²) < 4.78 is 11.2. The fourth-order valence-electron chi connectivity index (χ4n) is 3.48. The summed E-state index contributed by atoms with van der Waals surface area (Å²) >= 11 is 0. The maximum Gasteiger partial charge on any atom is 0.0662 e. The van der Waals surface area contributed by atoms with Gasteiger partial charge in [0.15, 0.2) is 0 Å². The summed E-state index contributed by atoms with van der Waals surface area (Å²) in [6.07, 6.45) is 3.54. The van der Waals surface area contributed by atoms with E-state index in [1.807, 2.05) is 0 Å². The van der Waals surface area contributed by atoms with Crippen molar-refractivity contribution in [3.63, 3.8) is 0 Å². The maximum atomic E-state index is 6.66. The number of hydrogen-bond donors (Lipinski definition) is 1. The molecule has 2 aliphatic rings. The number of nitrogens with zero attached hydrogens (tertiary/aromatic N) is 1. The maximum absolute atomic E-state index is 6.66. The van der Waals surface area contributed by atoms with Crippen molar-refractivity contribution in [2.45, 2.75) is 57.7 Å². The first kappa shape index (κ1) is 15.2. The number of ether oxygens (including phenoxy) is 2. The molecule has 1 saturated carbocycles. The van der Waals surface area contributed by atoms with E-state index in [9.17, 15) is 0 Å². The molecule has 2 N–H and O–H groups in total. The van der Waals surface area contributed by atoms with Crippen molar-refractivity contribution in [3.8, 4) is 0 Å². The molecule has 4 nitrogen and oxygen atoms in total. The second kappa shape index (κ2) is 5.68. The van der Waals surface area contributed by atoms with Gasteiger partial charge in [0.2, 0.25) is 0 Å². The zero-order valence-electron chi connectivity index (χ0n) is 12.9. The van der Waals surface area contributed by atoms with Gasteiger partial charge in [0.25, 0.3) is 0 Å². The van der Waals surface area contributed by atoms with Crippen molar-refractivity contribution in [2.24, 2.45) is 11.1 Å². The highest BCUT2D eigenvalue weighted by Crippen LogP contribution is 2.50. The van der Waals surface area contributed by atoms with Crippen LogP contribution in [0.2, 0.25) is 0 Å². The molecule has 1 aliphatic carbocycles. The van der Waals surface area contributed by atoms with E-state index in [4.69, 9.17) is 15.2 Å². The third-order valence-corrected chi connectivity index (χ3v) is 5.35. The van der Waals surface area contributed by atoms with Gasteiger partial charge in [-0.1, -0.05) is 13.8 Å². The zero-order chi connectivity index (χ0) is 14.1. The molecule has 2 fully saturated rings. The molecule has 0 aromatic heterocycles. The van der Waals surface area contributed by atoms with E-state index >= 15 is 0 Å². The summed E-state index contributed by atoms with van der Waals surface area (Å²) in [6, 6.07) is 0.621. The average Bonchev–Trinajstić information content (AvgIpc) is 2.39. The first-order valence-corrected chi connectivity index (χ1v) is 7.59. The molecule has 0 radical (unpaired) electrons. The molecule has 0 spiro atoms. The van der Waals surface area contributed by atoms with Gasteiger partial charge in [-0.15, -0.1) is 0 Å². The summed E-state index contributed by atoms with van der Waals surface area (Å²) in [5, 5.41) is 0. The topological polar surface area (TPSA) is 47.7 Å². The van der Waals surface area contributed by atoms with Crippen molar-refractivity contribution in [3.05, 3.63) is 0 Å². The van der Waals surface area contributed by atoms with Gasteiger partial charge in [-0.2, -0.15) is 0 Å². The van der Waals surface area contributed by atoms with Crippen LogP contribution in [0.3, 0.4) is 0 Å². The van der Waals surface area contributed by atoms with Crippen molar-refractivity contribution in [1.29, 1.82) is 0 Å². The Kier molecular flexibility index (Phi) is 4.56. The molecule has 4 heteroatoms. The van der Waals surface area contributed by atoms with Crippen molar-refractivity contribution in [1.82, 2.24) is 4.90 Å². The fraction of sp³-hybridized carbons (Fsp3) is 1.00. The number of likely N-dealkylation sites (N-methyl/N-ethyl adjacent to an activating group) is 1. The SMILES string of the molecule is CCOC1CC(N)(CN(C)C2CCOCC2)C1(C)C. The molecule has 2 unspecified atom stereocenters. The van der Waals surface area contributed by atoms with E-state index < -0.39 is 0 Å². The number of hydrogen-bond acceptors (Lipinski definition) is 4. The van der Waals surface area contributed by atoms with E-state index in [1.165, 1.54) is 0 Å². The monoisotopic (exact) mass is 270 g/mol. The molecule has 0 amide bonds. The zero-order valence-corrected chi connectivity index (χ0v) is 12.9. The molecule has 2 atom stereocenters. The van der Waals surface area contributed by atoms with Crippen LogP contribution in [-0.4, -0.2) is 56.0 Å². The second-order valence-corrected chi connectivity index (χ2v) is 6.78. The summed E-state index contributed by atoms with van der Waals surface area (Å²) in [5.74, 6) is 0. The van der Waals surface area contributed by atoms with Crippen LogP contribution in [0, 0.1) is 5.41 Å². The largest absolute Gasteiger partial charge is 0.381 e. The second-order valence-electron chi connectivity index (χ2n) is 6.78. The molecule has 1 heterocycles. The molecule has 112 valence electrons. The highest BCUT2D eigenvalue weighted by atomic mass is 16.5. The Morgan fingerprint density at radius 2 is 1.95 bits per heavy atom. The van der Waals surface area contributed by atoms with Crippen LogP contribution >= 0.6 is 0 Å². The van der Waals surface area contributed by atoms with Crippen LogP contribution in [-0.2, 0) is 9.47 Å². The van der Waals surface area contributed by atoms with Crippen molar-refractivity contribution < 1.29 is 9.47 Å². The van der Waals surface area contributed by atoms with Crippen LogP contribution in [0.1, 0.15) is 40.0 Å². The normalized spacial score (nSPS) is 35.4. The quantitative estimate of drug-likeness (QED) is 0.825. The van der Waals surface area contributed by atoms with Crippen LogP contribution in [0.15, 0.2) is 0 Å². The van der Waals surface area contributed by atoms with Gasteiger partial charge in [0, 0.05) is 43.4 Å². The van der Waals surface area contributed by atoms with Gasteiger partial charge < -0.3 is 20.1 Å². The molecule has 1 saturated heterocycles. The first-order chi connectivity index (χ1) is 8.90. The van der Waals surface area contributed by atoms with Crippen molar-refractivity contribution >= 4 is 0 Å². The smallest absolute Gasteiger partial charge is 0.0662 e. The minimum Gasteiger partial charge on any atom is -0.381 e. The Hall–Kier alpha value is -0.160. The van der Waals surface area contributed by atoms with Crippen LogP contribution < -0.4 is 5.73 Å². The summed E-state index contributed by atoms with van der Waals surface area (Å²) in [5.41, 5.74) is 6.59. The van der Waals surface area contributed by atoms with E-state index in [0.29, 0.717) is 12.1 Å². The highest BCUT2D eigenvalue weighted by Gasteiger charge is 2.58. The van der Waals surface area contributed by atoms with E-state index in [0.717, 1.165) is 45.6 Å². The Balaban J connectivity index is 1.91. The molecule has 19 heavy (non-hydrogen) atoms. The van der Waals surface area contributed by atoms with Gasteiger partial charge in [-0.25, -0.2) is 0 Å². The Morgan fingerprint density at radius 3 is 2.47 bits per heavy atom. The number of nitrogens with two attached hydrogens (primary N) is 1. The molecular formula is C15H30N2O2. The summed E-state index contributed by atoms with van der Waals surface area (Å²) in [7, 11) is 2.20. The predicted octanol–water partition coefficient (Wildman–Crippen LogP) is 1.63. The first-order valence-electron chi connectivity index (χ1n) is 7.59. The fourth-order valence-corrected chi connectivity index (χ4v) is 3.48. The van der Waals surface area contributed by atoms with Gasteiger partial charge in [0.1, 0.15) is 0 Å². The lowest BCUT2D eigenvalue weighted by atomic mass is 9.54. The standard InChI is InChI=1S/C15H30N2O2/c1-5-19-13-10-15(16,14(13,2)3)11-17(4)12-6-8-18-9-7-12/h12-13H,5-11,16H2,1-4H3. The van der Waals surface area contributed by atoms with Crippen LogP contribution in [0.5, 0.6) is 0 Å². The van der Waals surface area contributed by atoms with Gasteiger partial charge in [-0.05, 0) is 33.2 Å². The molecule has 0 aromatic carbocycles. The third-order valence-electron chi connectivity index (χ3n) is 5.35. The Morgan fingerprint density at radius 1 is 1.32 bits per heavy atom. The van der Waals surface area contributed by atoms with Crippen LogP contribution in [0.25, 0.3) is 0 Å². The van der Waals surface area contributed by atoms with Gasteiger partial charge in [0.05, 0.1) is 6.10 Å². The molecular weight excluding hydrogens is 240 g/mol. The lowest BCUT2D eigenvalue weighted by Gasteiger charge is -2.60. The van der Waals surface area contributed by atoms with E-state index in [1.54, 1.807) is 0 Å². The highest BCUT2D eigenvalue weighted by molar-refractivity contribution is 5.14. The Labute approximate surface area is 117 Å². The molecule has 2 rings (SSSR count). The lowest BCUT2D eigenvalue weighted by molar-refractivity contribution is -0.158. The van der Waals surface area contributed by atoms with Gasteiger partial charge >= 0.3 is 0 Å². The number of rotatable bonds is 5. The lowest BCUT2D eigenvalue weighted by Crippen LogP contribution is -2.73. The van der Waals surface area contributed by atoms with E-state index in [2.05, 4.69) is 32.7 Å². The minimum absolute atomic E-state index is 0.0580.